The molecule has 104 valence electrons. The third-order valence-electron chi connectivity index (χ3n) is 3.81. The molecule has 0 saturated carbocycles. The summed E-state index contributed by atoms with van der Waals surface area (Å²) in [6.07, 6.45) is 4.31. The lowest BCUT2D eigenvalue weighted by molar-refractivity contribution is 0.207. The highest BCUT2D eigenvalue weighted by atomic mass is 35.5. The number of rotatable bonds is 3. The van der Waals surface area contributed by atoms with Gasteiger partial charge < -0.3 is 4.74 Å². The van der Waals surface area contributed by atoms with Crippen LogP contribution in [-0.2, 0) is 6.42 Å². The minimum Gasteiger partial charge on any atom is -0.486 e. The van der Waals surface area contributed by atoms with Crippen molar-refractivity contribution in [3.05, 3.63) is 58.1 Å². The van der Waals surface area contributed by atoms with Crippen LogP contribution in [0, 0.1) is 6.92 Å². The average Bonchev–Trinajstić information content (AvgIpc) is 2.83. The van der Waals surface area contributed by atoms with Gasteiger partial charge in [-0.15, -0.1) is 11.8 Å². The van der Waals surface area contributed by atoms with Gasteiger partial charge in [-0.2, -0.15) is 0 Å². The Kier molecular flexibility index (Phi) is 3.95. The molecule has 2 aromatic rings. The largest absolute Gasteiger partial charge is 0.486 e. The number of ether oxygens (including phenoxy) is 1. The van der Waals surface area contributed by atoms with Crippen LogP contribution in [-0.4, -0.2) is 6.26 Å². The van der Waals surface area contributed by atoms with Crippen LogP contribution in [0.2, 0.25) is 5.02 Å². The van der Waals surface area contributed by atoms with Crippen molar-refractivity contribution in [2.45, 2.75) is 30.8 Å². The van der Waals surface area contributed by atoms with Crippen molar-refractivity contribution in [3.63, 3.8) is 0 Å². The molecule has 1 nitrogen and oxygen atoms in total. The van der Waals surface area contributed by atoms with Crippen LogP contribution in [0.1, 0.15) is 29.2 Å². The van der Waals surface area contributed by atoms with Gasteiger partial charge in [0.2, 0.25) is 0 Å². The van der Waals surface area contributed by atoms with E-state index in [2.05, 4.69) is 31.4 Å². The van der Waals surface area contributed by atoms with Crippen LogP contribution >= 0.6 is 23.4 Å². The fourth-order valence-corrected chi connectivity index (χ4v) is 3.49. The van der Waals surface area contributed by atoms with E-state index >= 15 is 0 Å². The molecule has 0 bridgehead atoms. The van der Waals surface area contributed by atoms with Gasteiger partial charge in [-0.1, -0.05) is 11.6 Å². The molecule has 20 heavy (non-hydrogen) atoms. The Morgan fingerprint density at radius 3 is 2.65 bits per heavy atom. The summed E-state index contributed by atoms with van der Waals surface area (Å²) in [5.74, 6) is 0.929. The standard InChI is InChI=1S/C17H17ClOS/c1-11-9-12(18)10-16-15(11)7-8-17(16)19-13-3-5-14(20-2)6-4-13/h3-6,9-10,17H,7-8H2,1-2H3. The molecule has 1 atom stereocenters. The van der Waals surface area contributed by atoms with Crippen molar-refractivity contribution >= 4 is 23.4 Å². The first-order chi connectivity index (χ1) is 9.67. The van der Waals surface area contributed by atoms with Crippen molar-refractivity contribution in [2.24, 2.45) is 0 Å². The molecule has 1 aliphatic rings. The van der Waals surface area contributed by atoms with E-state index < -0.39 is 0 Å². The summed E-state index contributed by atoms with van der Waals surface area (Å²) in [4.78, 5) is 1.25. The summed E-state index contributed by atoms with van der Waals surface area (Å²) < 4.78 is 6.14. The predicted molar refractivity (Wildman–Crippen MR) is 86.1 cm³/mol. The van der Waals surface area contributed by atoms with Gasteiger partial charge in [0.05, 0.1) is 0 Å². The summed E-state index contributed by atoms with van der Waals surface area (Å²) >= 11 is 7.92. The Morgan fingerprint density at radius 2 is 1.95 bits per heavy atom. The Balaban J connectivity index is 1.84. The molecule has 0 heterocycles. The monoisotopic (exact) mass is 304 g/mol. The van der Waals surface area contributed by atoms with Gasteiger partial charge in [-0.05, 0) is 79.1 Å². The zero-order chi connectivity index (χ0) is 14.1. The van der Waals surface area contributed by atoms with Gasteiger partial charge >= 0.3 is 0 Å². The fourth-order valence-electron chi connectivity index (χ4n) is 2.80. The second kappa shape index (κ2) is 5.71. The van der Waals surface area contributed by atoms with Gasteiger partial charge in [0.1, 0.15) is 11.9 Å². The molecule has 0 spiro atoms. The SMILES string of the molecule is CSc1ccc(OC2CCc3c(C)cc(Cl)cc32)cc1. The third-order valence-corrected chi connectivity index (χ3v) is 4.78. The predicted octanol–water partition coefficient (Wildman–Crippen LogP) is 5.44. The van der Waals surface area contributed by atoms with Crippen LogP contribution in [0.25, 0.3) is 0 Å². The number of halogens is 1. The number of benzene rings is 2. The number of fused-ring (bicyclic) bond motifs is 1. The summed E-state index contributed by atoms with van der Waals surface area (Å²) in [7, 11) is 0. The van der Waals surface area contributed by atoms with E-state index in [9.17, 15) is 0 Å². The van der Waals surface area contributed by atoms with Gasteiger partial charge in [0.25, 0.3) is 0 Å². The molecule has 3 rings (SSSR count). The van der Waals surface area contributed by atoms with Crippen LogP contribution in [0.4, 0.5) is 0 Å². The average molecular weight is 305 g/mol. The molecular weight excluding hydrogens is 288 g/mol. The Labute approximate surface area is 129 Å². The molecule has 0 aromatic heterocycles. The molecule has 0 aliphatic heterocycles. The molecule has 0 saturated heterocycles. The second-order valence-electron chi connectivity index (χ2n) is 5.11. The highest BCUT2D eigenvalue weighted by Crippen LogP contribution is 2.38. The van der Waals surface area contributed by atoms with Gasteiger partial charge in [0.15, 0.2) is 0 Å². The molecule has 3 heteroatoms. The molecule has 0 amide bonds. The van der Waals surface area contributed by atoms with E-state index in [-0.39, 0.29) is 6.10 Å². The quantitative estimate of drug-likeness (QED) is 0.699. The number of thioether (sulfide) groups is 1. The van der Waals surface area contributed by atoms with E-state index in [1.165, 1.54) is 21.6 Å². The van der Waals surface area contributed by atoms with Crippen molar-refractivity contribution in [2.75, 3.05) is 6.26 Å². The van der Waals surface area contributed by atoms with E-state index in [1.807, 2.05) is 18.2 Å². The lowest BCUT2D eigenvalue weighted by atomic mass is 10.0. The third kappa shape index (κ3) is 2.68. The Morgan fingerprint density at radius 1 is 1.20 bits per heavy atom. The molecular formula is C17H17ClOS. The van der Waals surface area contributed by atoms with Gasteiger partial charge in [0, 0.05) is 9.92 Å². The molecule has 0 radical (unpaired) electrons. The number of hydrogen-bond acceptors (Lipinski definition) is 2. The smallest absolute Gasteiger partial charge is 0.124 e. The molecule has 1 unspecified atom stereocenters. The summed E-state index contributed by atoms with van der Waals surface area (Å²) in [6, 6.07) is 12.4. The maximum absolute atomic E-state index is 6.18. The highest BCUT2D eigenvalue weighted by molar-refractivity contribution is 7.98. The summed E-state index contributed by atoms with van der Waals surface area (Å²) in [5, 5.41) is 0.800. The second-order valence-corrected chi connectivity index (χ2v) is 6.43. The first-order valence-electron chi connectivity index (χ1n) is 6.77. The fraction of sp³-hybridized carbons (Fsp3) is 0.294. The van der Waals surface area contributed by atoms with Crippen molar-refractivity contribution in [3.8, 4) is 5.75 Å². The van der Waals surface area contributed by atoms with Crippen LogP contribution in [0.5, 0.6) is 5.75 Å². The topological polar surface area (TPSA) is 9.23 Å². The van der Waals surface area contributed by atoms with E-state index in [0.29, 0.717) is 0 Å². The summed E-state index contributed by atoms with van der Waals surface area (Å²) in [5.41, 5.74) is 3.93. The highest BCUT2D eigenvalue weighted by Gasteiger charge is 2.25. The molecule has 0 N–H and O–H groups in total. The lowest BCUT2D eigenvalue weighted by Crippen LogP contribution is -2.03. The van der Waals surface area contributed by atoms with E-state index in [0.717, 1.165) is 23.6 Å². The van der Waals surface area contributed by atoms with E-state index in [4.69, 9.17) is 16.3 Å². The minimum absolute atomic E-state index is 0.127. The van der Waals surface area contributed by atoms with E-state index in [1.54, 1.807) is 11.8 Å². The van der Waals surface area contributed by atoms with Crippen molar-refractivity contribution < 1.29 is 4.74 Å². The number of aryl methyl sites for hydroxylation is 1. The minimum atomic E-state index is 0.127. The Hall–Kier alpha value is -1.12. The first-order valence-corrected chi connectivity index (χ1v) is 8.37. The van der Waals surface area contributed by atoms with Crippen LogP contribution in [0.15, 0.2) is 41.3 Å². The zero-order valence-electron chi connectivity index (χ0n) is 11.7. The maximum Gasteiger partial charge on any atom is 0.124 e. The molecule has 1 aliphatic carbocycles. The first kappa shape index (κ1) is 13.8. The van der Waals surface area contributed by atoms with Crippen molar-refractivity contribution in [1.29, 1.82) is 0 Å². The van der Waals surface area contributed by atoms with Gasteiger partial charge in [-0.3, -0.25) is 0 Å². The zero-order valence-corrected chi connectivity index (χ0v) is 13.2. The normalized spacial score (nSPS) is 17.1. The van der Waals surface area contributed by atoms with Crippen LogP contribution in [0.3, 0.4) is 0 Å². The van der Waals surface area contributed by atoms with Crippen LogP contribution < -0.4 is 4.74 Å². The molecule has 0 fully saturated rings. The van der Waals surface area contributed by atoms with Gasteiger partial charge in [-0.25, -0.2) is 0 Å². The van der Waals surface area contributed by atoms with Crippen molar-refractivity contribution in [1.82, 2.24) is 0 Å². The number of hydrogen-bond donors (Lipinski definition) is 0. The maximum atomic E-state index is 6.18. The summed E-state index contributed by atoms with van der Waals surface area (Å²) in [6.45, 7) is 2.13. The Bertz CT molecular complexity index is 622. The lowest BCUT2D eigenvalue weighted by Gasteiger charge is -2.16. The molecule has 2 aromatic carbocycles.